The van der Waals surface area contributed by atoms with Gasteiger partial charge >= 0.3 is 0 Å². The molecule has 0 radical (unpaired) electrons. The summed E-state index contributed by atoms with van der Waals surface area (Å²) in [6.45, 7) is 7.61. The fourth-order valence-electron chi connectivity index (χ4n) is 2.56. The van der Waals surface area contributed by atoms with Gasteiger partial charge in [-0.25, -0.2) is 0 Å². The Hall–Kier alpha value is -3.13. The molecule has 0 aliphatic carbocycles. The number of carbonyl (C=O) groups excluding carboxylic acids is 2. The van der Waals surface area contributed by atoms with Gasteiger partial charge < -0.3 is 4.74 Å². The highest BCUT2D eigenvalue weighted by atomic mass is 16.5. The molecule has 0 unspecified atom stereocenters. The maximum Gasteiger partial charge on any atom is 0.261 e. The fourth-order valence-corrected chi connectivity index (χ4v) is 2.56. The Morgan fingerprint density at radius 1 is 0.885 bits per heavy atom. The molecule has 5 heteroatoms. The zero-order valence-corrected chi connectivity index (χ0v) is 15.4. The summed E-state index contributed by atoms with van der Waals surface area (Å²) in [5.41, 5.74) is 1.70. The van der Waals surface area contributed by atoms with E-state index in [2.05, 4.69) is 6.07 Å². The van der Waals surface area contributed by atoms with Gasteiger partial charge in [0.1, 0.15) is 5.75 Å². The molecule has 0 bridgehead atoms. The van der Waals surface area contributed by atoms with Crippen LogP contribution in [0.5, 0.6) is 5.75 Å². The third-order valence-corrected chi connectivity index (χ3v) is 3.70. The third-order valence-electron chi connectivity index (χ3n) is 3.70. The first-order valence-electron chi connectivity index (χ1n) is 8.49. The summed E-state index contributed by atoms with van der Waals surface area (Å²) in [5, 5.41) is 8.52. The number of carbonyl (C=O) groups is 2. The van der Waals surface area contributed by atoms with E-state index >= 15 is 0 Å². The molecule has 0 fully saturated rings. The molecule has 0 saturated heterocycles. The van der Waals surface area contributed by atoms with Gasteiger partial charge in [0.15, 0.2) is 0 Å². The molecule has 0 atom stereocenters. The molecular weight excluding hydrogens is 328 g/mol. The number of imide groups is 1. The van der Waals surface area contributed by atoms with E-state index in [1.165, 1.54) is 4.90 Å². The molecule has 134 valence electrons. The minimum atomic E-state index is -0.180. The molecule has 0 N–H and O–H groups in total. The van der Waals surface area contributed by atoms with Crippen LogP contribution in [0.15, 0.2) is 48.5 Å². The molecule has 2 aromatic rings. The SMILES string of the molecule is CC(C)N1C(=O)c2ccccc2C1=O.CC(C)Oc1ccc(C#N)cc1. The Morgan fingerprint density at radius 2 is 1.38 bits per heavy atom. The van der Waals surface area contributed by atoms with E-state index in [0.717, 1.165) is 5.75 Å². The molecule has 26 heavy (non-hydrogen) atoms. The van der Waals surface area contributed by atoms with Crippen LogP contribution in [0.2, 0.25) is 0 Å². The Balaban J connectivity index is 0.000000190. The van der Waals surface area contributed by atoms with E-state index in [-0.39, 0.29) is 24.0 Å². The van der Waals surface area contributed by atoms with Crippen LogP contribution in [-0.2, 0) is 0 Å². The minimum Gasteiger partial charge on any atom is -0.491 e. The Labute approximate surface area is 153 Å². The molecular formula is C21H22N2O3. The van der Waals surface area contributed by atoms with Crippen LogP contribution in [-0.4, -0.2) is 28.9 Å². The van der Waals surface area contributed by atoms with Gasteiger partial charge in [-0.15, -0.1) is 0 Å². The standard InChI is InChI=1S/C11H11NO2.C10H11NO/c1-7(2)12-10(13)8-5-3-4-6-9(8)11(12)14;1-8(2)12-10-5-3-9(7-11)4-6-10/h3-7H,1-2H3;3-6,8H,1-2H3. The van der Waals surface area contributed by atoms with E-state index in [9.17, 15) is 9.59 Å². The maximum atomic E-state index is 11.8. The zero-order chi connectivity index (χ0) is 19.3. The van der Waals surface area contributed by atoms with E-state index in [4.69, 9.17) is 10.00 Å². The Bertz CT molecular complexity index is 798. The smallest absolute Gasteiger partial charge is 0.261 e. The number of hydrogen-bond donors (Lipinski definition) is 0. The van der Waals surface area contributed by atoms with Crippen molar-refractivity contribution in [1.29, 1.82) is 5.26 Å². The van der Waals surface area contributed by atoms with Crippen molar-refractivity contribution in [2.24, 2.45) is 0 Å². The van der Waals surface area contributed by atoms with E-state index in [1.54, 1.807) is 48.5 Å². The van der Waals surface area contributed by atoms with Crippen LogP contribution in [0.1, 0.15) is 54.0 Å². The number of ether oxygens (including phenoxy) is 1. The monoisotopic (exact) mass is 350 g/mol. The quantitative estimate of drug-likeness (QED) is 0.784. The van der Waals surface area contributed by atoms with E-state index in [0.29, 0.717) is 16.7 Å². The third kappa shape index (κ3) is 4.28. The number of amides is 2. The Morgan fingerprint density at radius 3 is 1.77 bits per heavy atom. The van der Waals surface area contributed by atoms with Crippen molar-refractivity contribution in [3.05, 3.63) is 65.2 Å². The van der Waals surface area contributed by atoms with E-state index < -0.39 is 0 Å². The summed E-state index contributed by atoms with van der Waals surface area (Å²) in [6, 6.07) is 16.0. The maximum absolute atomic E-state index is 11.8. The first kappa shape index (κ1) is 19.2. The molecule has 0 aromatic heterocycles. The molecule has 1 aliphatic heterocycles. The summed E-state index contributed by atoms with van der Waals surface area (Å²) in [6.07, 6.45) is 0.179. The van der Waals surface area contributed by atoms with Crippen molar-refractivity contribution in [2.45, 2.75) is 39.8 Å². The summed E-state index contributed by atoms with van der Waals surface area (Å²) in [4.78, 5) is 24.8. The number of fused-ring (bicyclic) bond motifs is 1. The summed E-state index contributed by atoms with van der Waals surface area (Å²) < 4.78 is 5.40. The number of benzene rings is 2. The van der Waals surface area contributed by atoms with Gasteiger partial charge in [0.25, 0.3) is 11.8 Å². The normalized spacial score (nSPS) is 12.6. The number of nitrogens with zero attached hydrogens (tertiary/aromatic N) is 2. The highest BCUT2D eigenvalue weighted by Gasteiger charge is 2.36. The minimum absolute atomic E-state index is 0.0811. The summed E-state index contributed by atoms with van der Waals surface area (Å²) in [7, 11) is 0. The van der Waals surface area contributed by atoms with Crippen molar-refractivity contribution in [3.8, 4) is 11.8 Å². The fraction of sp³-hybridized carbons (Fsp3) is 0.286. The van der Waals surface area contributed by atoms with Crippen LogP contribution in [0.4, 0.5) is 0 Å². The number of nitriles is 1. The molecule has 5 nitrogen and oxygen atoms in total. The van der Waals surface area contributed by atoms with Crippen molar-refractivity contribution >= 4 is 11.8 Å². The van der Waals surface area contributed by atoms with Crippen LogP contribution in [0.25, 0.3) is 0 Å². The van der Waals surface area contributed by atoms with Gasteiger partial charge in [-0.05, 0) is 64.1 Å². The van der Waals surface area contributed by atoms with Crippen LogP contribution < -0.4 is 4.74 Å². The lowest BCUT2D eigenvalue weighted by molar-refractivity contribution is 0.0609. The van der Waals surface area contributed by atoms with Crippen molar-refractivity contribution in [3.63, 3.8) is 0 Å². The average Bonchev–Trinajstić information content (AvgIpc) is 2.87. The molecule has 1 aliphatic rings. The number of rotatable bonds is 3. The summed E-state index contributed by atoms with van der Waals surface area (Å²) >= 11 is 0. The highest BCUT2D eigenvalue weighted by molar-refractivity contribution is 6.21. The van der Waals surface area contributed by atoms with Gasteiger partial charge in [-0.1, -0.05) is 12.1 Å². The lowest BCUT2D eigenvalue weighted by Gasteiger charge is -2.17. The van der Waals surface area contributed by atoms with Crippen molar-refractivity contribution in [1.82, 2.24) is 4.90 Å². The predicted molar refractivity (Wildman–Crippen MR) is 99.0 cm³/mol. The van der Waals surface area contributed by atoms with Crippen LogP contribution in [0.3, 0.4) is 0 Å². The van der Waals surface area contributed by atoms with Gasteiger partial charge in [-0.2, -0.15) is 5.26 Å². The van der Waals surface area contributed by atoms with Gasteiger partial charge in [-0.3, -0.25) is 14.5 Å². The van der Waals surface area contributed by atoms with Gasteiger partial charge in [0, 0.05) is 6.04 Å². The second kappa shape index (κ2) is 8.30. The lowest BCUT2D eigenvalue weighted by atomic mass is 10.1. The topological polar surface area (TPSA) is 70.4 Å². The average molecular weight is 350 g/mol. The molecule has 1 heterocycles. The number of hydrogen-bond acceptors (Lipinski definition) is 4. The predicted octanol–water partition coefficient (Wildman–Crippen LogP) is 4.04. The first-order chi connectivity index (χ1) is 12.3. The lowest BCUT2D eigenvalue weighted by Crippen LogP contribution is -2.35. The zero-order valence-electron chi connectivity index (χ0n) is 15.4. The van der Waals surface area contributed by atoms with Gasteiger partial charge in [0.05, 0.1) is 28.9 Å². The molecule has 2 aromatic carbocycles. The molecule has 0 spiro atoms. The molecule has 2 amide bonds. The van der Waals surface area contributed by atoms with Gasteiger partial charge in [0.2, 0.25) is 0 Å². The Kier molecular flexibility index (Phi) is 6.13. The van der Waals surface area contributed by atoms with Crippen molar-refractivity contribution < 1.29 is 14.3 Å². The molecule has 0 saturated carbocycles. The van der Waals surface area contributed by atoms with E-state index in [1.807, 2.05) is 27.7 Å². The highest BCUT2D eigenvalue weighted by Crippen LogP contribution is 2.23. The van der Waals surface area contributed by atoms with Crippen molar-refractivity contribution in [2.75, 3.05) is 0 Å². The largest absolute Gasteiger partial charge is 0.491 e. The van der Waals surface area contributed by atoms with Crippen LogP contribution in [0, 0.1) is 11.3 Å². The second-order valence-electron chi connectivity index (χ2n) is 6.42. The second-order valence-corrected chi connectivity index (χ2v) is 6.42. The summed E-state index contributed by atoms with van der Waals surface area (Å²) in [5.74, 6) is 0.449. The molecule has 3 rings (SSSR count). The van der Waals surface area contributed by atoms with Crippen LogP contribution >= 0.6 is 0 Å². The first-order valence-corrected chi connectivity index (χ1v) is 8.49.